The van der Waals surface area contributed by atoms with E-state index in [2.05, 4.69) is 10.3 Å². The maximum absolute atomic E-state index is 13.3. The highest BCUT2D eigenvalue weighted by atomic mass is 19.1. The van der Waals surface area contributed by atoms with Crippen molar-refractivity contribution in [2.45, 2.75) is 0 Å². The number of anilines is 1. The molecule has 0 atom stereocenters. The van der Waals surface area contributed by atoms with Crippen molar-refractivity contribution in [1.82, 2.24) is 9.55 Å². The quantitative estimate of drug-likeness (QED) is 0.867. The number of aromatic nitrogens is 2. The third-order valence-electron chi connectivity index (χ3n) is 2.14. The Morgan fingerprint density at radius 3 is 2.94 bits per heavy atom. The van der Waals surface area contributed by atoms with Gasteiger partial charge in [0.1, 0.15) is 6.33 Å². The Morgan fingerprint density at radius 1 is 1.53 bits per heavy atom. The van der Waals surface area contributed by atoms with Gasteiger partial charge in [-0.1, -0.05) is 0 Å². The Hall–Kier alpha value is -2.37. The Bertz CT molecular complexity index is 526. The van der Waals surface area contributed by atoms with Crippen molar-refractivity contribution < 1.29 is 13.9 Å². The van der Waals surface area contributed by atoms with Crippen molar-refractivity contribution in [1.29, 1.82) is 0 Å². The fraction of sp³-hybridized carbons (Fsp3) is 0.0909. The fourth-order valence-electron chi connectivity index (χ4n) is 1.31. The number of halogens is 1. The summed E-state index contributed by atoms with van der Waals surface area (Å²) in [5.74, 6) is -0.401. The van der Waals surface area contributed by atoms with Gasteiger partial charge in [0, 0.05) is 24.1 Å². The predicted octanol–water partition coefficient (Wildman–Crippen LogP) is 2.11. The van der Waals surface area contributed by atoms with Crippen LogP contribution in [0.25, 0.3) is 0 Å². The van der Waals surface area contributed by atoms with E-state index < -0.39 is 11.8 Å². The van der Waals surface area contributed by atoms with Crippen LogP contribution in [0.2, 0.25) is 0 Å². The SMILES string of the molecule is COc1ccc(NC(=O)n2ccnc2)cc1F. The van der Waals surface area contributed by atoms with Crippen LogP contribution in [0.5, 0.6) is 5.75 Å². The molecular weight excluding hydrogens is 225 g/mol. The molecule has 88 valence electrons. The maximum atomic E-state index is 13.3. The summed E-state index contributed by atoms with van der Waals surface area (Å²) in [5, 5.41) is 2.52. The normalized spacial score (nSPS) is 10.0. The second-order valence-electron chi connectivity index (χ2n) is 3.25. The van der Waals surface area contributed by atoms with Crippen LogP contribution in [0.4, 0.5) is 14.9 Å². The minimum absolute atomic E-state index is 0.130. The smallest absolute Gasteiger partial charge is 0.331 e. The molecule has 2 rings (SSSR count). The number of carbonyl (C=O) groups excluding carboxylic acids is 1. The van der Waals surface area contributed by atoms with Gasteiger partial charge in [-0.2, -0.15) is 0 Å². The minimum Gasteiger partial charge on any atom is -0.494 e. The van der Waals surface area contributed by atoms with Gasteiger partial charge in [-0.3, -0.25) is 4.57 Å². The number of nitrogens with one attached hydrogen (secondary N) is 1. The number of nitrogens with zero attached hydrogens (tertiary/aromatic N) is 2. The molecule has 0 unspecified atom stereocenters. The second kappa shape index (κ2) is 4.65. The summed E-state index contributed by atoms with van der Waals surface area (Å²) in [6.07, 6.45) is 4.33. The van der Waals surface area contributed by atoms with Gasteiger partial charge in [0.15, 0.2) is 11.6 Å². The number of imidazole rings is 1. The van der Waals surface area contributed by atoms with Crippen LogP contribution in [-0.4, -0.2) is 22.7 Å². The molecule has 6 heteroatoms. The molecule has 0 aliphatic rings. The molecule has 1 N–H and O–H groups in total. The van der Waals surface area contributed by atoms with Gasteiger partial charge in [0.25, 0.3) is 0 Å². The number of methoxy groups -OCH3 is 1. The topological polar surface area (TPSA) is 56.1 Å². The lowest BCUT2D eigenvalue weighted by atomic mass is 10.3. The monoisotopic (exact) mass is 235 g/mol. The first-order valence-electron chi connectivity index (χ1n) is 4.83. The molecule has 0 radical (unpaired) electrons. The number of hydrogen-bond donors (Lipinski definition) is 1. The Kier molecular flexibility index (Phi) is 3.04. The summed E-state index contributed by atoms with van der Waals surface area (Å²) in [5.41, 5.74) is 0.349. The van der Waals surface area contributed by atoms with Gasteiger partial charge in [0.2, 0.25) is 0 Å². The van der Waals surface area contributed by atoms with Crippen LogP contribution in [0.1, 0.15) is 0 Å². The predicted molar refractivity (Wildman–Crippen MR) is 59.6 cm³/mol. The number of ether oxygens (including phenoxy) is 1. The van der Waals surface area contributed by atoms with E-state index in [0.717, 1.165) is 0 Å². The van der Waals surface area contributed by atoms with Crippen molar-refractivity contribution in [2.75, 3.05) is 12.4 Å². The van der Waals surface area contributed by atoms with E-state index in [0.29, 0.717) is 5.69 Å². The Balaban J connectivity index is 2.14. The van der Waals surface area contributed by atoms with E-state index in [1.165, 1.54) is 42.5 Å². The van der Waals surface area contributed by atoms with Crippen molar-refractivity contribution in [3.05, 3.63) is 42.7 Å². The van der Waals surface area contributed by atoms with Crippen molar-refractivity contribution >= 4 is 11.7 Å². The van der Waals surface area contributed by atoms with Gasteiger partial charge >= 0.3 is 6.03 Å². The lowest BCUT2D eigenvalue weighted by Crippen LogP contribution is -2.17. The molecule has 1 amide bonds. The number of amides is 1. The van der Waals surface area contributed by atoms with Crippen LogP contribution in [0.15, 0.2) is 36.9 Å². The molecule has 0 aliphatic carbocycles. The molecular formula is C11H10FN3O2. The molecule has 17 heavy (non-hydrogen) atoms. The van der Waals surface area contributed by atoms with E-state index in [1.807, 2.05) is 0 Å². The van der Waals surface area contributed by atoms with E-state index in [9.17, 15) is 9.18 Å². The largest absolute Gasteiger partial charge is 0.494 e. The van der Waals surface area contributed by atoms with Crippen LogP contribution in [-0.2, 0) is 0 Å². The van der Waals surface area contributed by atoms with E-state index in [1.54, 1.807) is 6.07 Å². The number of hydrogen-bond acceptors (Lipinski definition) is 3. The lowest BCUT2D eigenvalue weighted by Gasteiger charge is -2.07. The van der Waals surface area contributed by atoms with Crippen LogP contribution >= 0.6 is 0 Å². The summed E-state index contributed by atoms with van der Waals surface area (Å²) >= 11 is 0. The van der Waals surface area contributed by atoms with Crippen molar-refractivity contribution in [2.24, 2.45) is 0 Å². The molecule has 2 aromatic rings. The summed E-state index contributed by atoms with van der Waals surface area (Å²) in [6, 6.07) is 3.77. The van der Waals surface area contributed by atoms with Crippen LogP contribution < -0.4 is 10.1 Å². The van der Waals surface area contributed by atoms with Gasteiger partial charge in [-0.25, -0.2) is 14.2 Å². The number of rotatable bonds is 2. The molecule has 1 aromatic heterocycles. The van der Waals surface area contributed by atoms with E-state index in [4.69, 9.17) is 4.74 Å². The zero-order valence-corrected chi connectivity index (χ0v) is 9.05. The van der Waals surface area contributed by atoms with Gasteiger partial charge in [0.05, 0.1) is 7.11 Å². The zero-order chi connectivity index (χ0) is 12.3. The fourth-order valence-corrected chi connectivity index (χ4v) is 1.31. The highest BCUT2D eigenvalue weighted by Gasteiger charge is 2.07. The molecule has 0 spiro atoms. The average molecular weight is 235 g/mol. The number of carbonyl (C=O) groups is 1. The molecule has 0 fully saturated rings. The first-order valence-corrected chi connectivity index (χ1v) is 4.83. The van der Waals surface area contributed by atoms with Gasteiger partial charge < -0.3 is 10.1 Å². The molecule has 0 saturated heterocycles. The Labute approximate surface area is 96.8 Å². The third-order valence-corrected chi connectivity index (χ3v) is 2.14. The van der Waals surface area contributed by atoms with Gasteiger partial charge in [-0.15, -0.1) is 0 Å². The first-order chi connectivity index (χ1) is 8.20. The highest BCUT2D eigenvalue weighted by molar-refractivity contribution is 5.90. The minimum atomic E-state index is -0.532. The molecule has 1 aromatic carbocycles. The molecule has 0 bridgehead atoms. The second-order valence-corrected chi connectivity index (χ2v) is 3.25. The first kappa shape index (κ1) is 11.1. The highest BCUT2D eigenvalue weighted by Crippen LogP contribution is 2.20. The molecule has 5 nitrogen and oxygen atoms in total. The van der Waals surface area contributed by atoms with Gasteiger partial charge in [-0.05, 0) is 12.1 Å². The summed E-state index contributed by atoms with van der Waals surface area (Å²) in [4.78, 5) is 15.3. The summed E-state index contributed by atoms with van der Waals surface area (Å²) in [6.45, 7) is 0. The average Bonchev–Trinajstić information content (AvgIpc) is 2.82. The number of benzene rings is 1. The van der Waals surface area contributed by atoms with Crippen molar-refractivity contribution in [3.8, 4) is 5.75 Å². The molecule has 1 heterocycles. The van der Waals surface area contributed by atoms with Crippen LogP contribution in [0, 0.1) is 5.82 Å². The van der Waals surface area contributed by atoms with E-state index in [-0.39, 0.29) is 5.75 Å². The van der Waals surface area contributed by atoms with Crippen LogP contribution in [0.3, 0.4) is 0 Å². The maximum Gasteiger partial charge on any atom is 0.331 e. The molecule has 0 aliphatic heterocycles. The van der Waals surface area contributed by atoms with E-state index >= 15 is 0 Å². The van der Waals surface area contributed by atoms with Crippen molar-refractivity contribution in [3.63, 3.8) is 0 Å². The third kappa shape index (κ3) is 2.41. The summed E-state index contributed by atoms with van der Waals surface area (Å²) in [7, 11) is 1.38. The summed E-state index contributed by atoms with van der Waals surface area (Å²) < 4.78 is 19.4. The lowest BCUT2D eigenvalue weighted by molar-refractivity contribution is 0.253. The molecule has 0 saturated carbocycles. The Morgan fingerprint density at radius 2 is 2.35 bits per heavy atom. The zero-order valence-electron chi connectivity index (χ0n) is 9.05. The standard InChI is InChI=1S/C11H10FN3O2/c1-17-10-3-2-8(6-9(10)12)14-11(16)15-5-4-13-7-15/h2-7H,1H3,(H,14,16).